The van der Waals surface area contributed by atoms with E-state index < -0.39 is 15.9 Å². The maximum absolute atomic E-state index is 13.0. The van der Waals surface area contributed by atoms with Crippen molar-refractivity contribution in [2.45, 2.75) is 4.90 Å². The highest BCUT2D eigenvalue weighted by atomic mass is 35.5. The first-order valence-electron chi connectivity index (χ1n) is 9.10. The van der Waals surface area contributed by atoms with Gasteiger partial charge in [-0.1, -0.05) is 11.6 Å². The Labute approximate surface area is 178 Å². The molecule has 30 heavy (non-hydrogen) atoms. The Kier molecular flexibility index (Phi) is 5.82. The van der Waals surface area contributed by atoms with Gasteiger partial charge in [-0.25, -0.2) is 18.1 Å². The number of nitrogens with zero attached hydrogens (tertiary/aromatic N) is 4. The summed E-state index contributed by atoms with van der Waals surface area (Å²) < 4.78 is 34.0. The van der Waals surface area contributed by atoms with Gasteiger partial charge >= 0.3 is 0 Å². The summed E-state index contributed by atoms with van der Waals surface area (Å²) in [5.74, 6) is -0.0579. The fraction of sp³-hybridized carbons (Fsp3) is 0.211. The van der Waals surface area contributed by atoms with Gasteiger partial charge in [0.15, 0.2) is 5.82 Å². The molecule has 1 aliphatic rings. The molecule has 11 heteroatoms. The minimum Gasteiger partial charge on any atom is -0.379 e. The van der Waals surface area contributed by atoms with Crippen LogP contribution in [0, 0.1) is 0 Å². The van der Waals surface area contributed by atoms with E-state index in [9.17, 15) is 13.2 Å². The summed E-state index contributed by atoms with van der Waals surface area (Å²) in [5, 5.41) is 6.94. The molecule has 2 aromatic heterocycles. The van der Waals surface area contributed by atoms with Crippen molar-refractivity contribution in [1.29, 1.82) is 0 Å². The smallest absolute Gasteiger partial charge is 0.255 e. The predicted octanol–water partition coefficient (Wildman–Crippen LogP) is 2.19. The molecule has 3 aromatic rings. The Morgan fingerprint density at radius 2 is 1.93 bits per heavy atom. The average Bonchev–Trinajstić information content (AvgIpc) is 3.29. The molecular weight excluding hydrogens is 430 g/mol. The van der Waals surface area contributed by atoms with Gasteiger partial charge < -0.3 is 10.1 Å². The van der Waals surface area contributed by atoms with Crippen molar-refractivity contribution in [3.63, 3.8) is 0 Å². The zero-order valence-electron chi connectivity index (χ0n) is 15.7. The molecule has 0 aliphatic carbocycles. The molecule has 1 aromatic carbocycles. The SMILES string of the molecule is O=C(Nc1cccnc1-n1cccn1)c1ccc(Cl)c(S(=O)(=O)N2CCOCC2)c1. The van der Waals surface area contributed by atoms with E-state index >= 15 is 0 Å². The second-order valence-electron chi connectivity index (χ2n) is 6.44. The topological polar surface area (TPSA) is 106 Å². The van der Waals surface area contributed by atoms with E-state index in [1.54, 1.807) is 36.8 Å². The van der Waals surface area contributed by atoms with Crippen LogP contribution in [-0.4, -0.2) is 59.7 Å². The number of morpholine rings is 1. The Bertz CT molecular complexity index is 1160. The Morgan fingerprint density at radius 1 is 1.13 bits per heavy atom. The van der Waals surface area contributed by atoms with Gasteiger partial charge in [-0.05, 0) is 36.4 Å². The lowest BCUT2D eigenvalue weighted by molar-refractivity contribution is 0.0730. The summed E-state index contributed by atoms with van der Waals surface area (Å²) in [6.45, 7) is 1.10. The van der Waals surface area contributed by atoms with Gasteiger partial charge in [0.2, 0.25) is 10.0 Å². The molecule has 156 valence electrons. The number of sulfonamides is 1. The number of carbonyl (C=O) groups excluding carboxylic acids is 1. The van der Waals surface area contributed by atoms with Crippen molar-refractivity contribution in [2.24, 2.45) is 0 Å². The molecule has 0 spiro atoms. The van der Waals surface area contributed by atoms with Crippen molar-refractivity contribution in [3.8, 4) is 5.82 Å². The number of hydrogen-bond acceptors (Lipinski definition) is 6. The minimum atomic E-state index is -3.85. The molecular formula is C19H18ClN5O4S. The zero-order chi connectivity index (χ0) is 21.1. The fourth-order valence-corrected chi connectivity index (χ4v) is 4.94. The molecule has 3 heterocycles. The fourth-order valence-electron chi connectivity index (χ4n) is 3.03. The molecule has 1 fully saturated rings. The third-order valence-electron chi connectivity index (χ3n) is 4.54. The molecule has 1 amide bonds. The van der Waals surface area contributed by atoms with Crippen molar-refractivity contribution < 1.29 is 17.9 Å². The van der Waals surface area contributed by atoms with E-state index in [1.807, 2.05) is 0 Å². The summed E-state index contributed by atoms with van der Waals surface area (Å²) >= 11 is 6.17. The highest BCUT2D eigenvalue weighted by Gasteiger charge is 2.29. The quantitative estimate of drug-likeness (QED) is 0.642. The van der Waals surface area contributed by atoms with Crippen LogP contribution in [0.15, 0.2) is 59.9 Å². The Morgan fingerprint density at radius 3 is 2.67 bits per heavy atom. The zero-order valence-corrected chi connectivity index (χ0v) is 17.3. The highest BCUT2D eigenvalue weighted by Crippen LogP contribution is 2.27. The summed E-state index contributed by atoms with van der Waals surface area (Å²) in [7, 11) is -3.85. The third kappa shape index (κ3) is 4.08. The van der Waals surface area contributed by atoms with E-state index in [2.05, 4.69) is 15.4 Å². The number of pyridine rings is 1. The lowest BCUT2D eigenvalue weighted by Gasteiger charge is -2.26. The number of ether oxygens (including phenoxy) is 1. The molecule has 1 N–H and O–H groups in total. The molecule has 0 bridgehead atoms. The van der Waals surface area contributed by atoms with Crippen LogP contribution in [0.3, 0.4) is 0 Å². The third-order valence-corrected chi connectivity index (χ3v) is 6.92. The van der Waals surface area contributed by atoms with Gasteiger partial charge in [-0.3, -0.25) is 4.79 Å². The minimum absolute atomic E-state index is 0.0525. The van der Waals surface area contributed by atoms with Gasteiger partial charge in [-0.2, -0.15) is 9.40 Å². The first-order chi connectivity index (χ1) is 14.5. The van der Waals surface area contributed by atoms with Gasteiger partial charge in [0, 0.05) is 37.2 Å². The molecule has 0 unspecified atom stereocenters. The number of anilines is 1. The number of aromatic nitrogens is 3. The summed E-state index contributed by atoms with van der Waals surface area (Å²) in [6, 6.07) is 9.26. The van der Waals surface area contributed by atoms with Crippen LogP contribution in [0.25, 0.3) is 5.82 Å². The number of carbonyl (C=O) groups is 1. The second-order valence-corrected chi connectivity index (χ2v) is 8.75. The van der Waals surface area contributed by atoms with E-state index in [1.165, 1.54) is 27.2 Å². The van der Waals surface area contributed by atoms with Gasteiger partial charge in [0.1, 0.15) is 4.90 Å². The monoisotopic (exact) mass is 447 g/mol. The van der Waals surface area contributed by atoms with Crippen LogP contribution in [0.5, 0.6) is 0 Å². The molecule has 9 nitrogen and oxygen atoms in total. The number of nitrogens with one attached hydrogen (secondary N) is 1. The van der Waals surface area contributed by atoms with Crippen LogP contribution >= 0.6 is 11.6 Å². The van der Waals surface area contributed by atoms with E-state index in [0.29, 0.717) is 24.7 Å². The summed E-state index contributed by atoms with van der Waals surface area (Å²) in [4.78, 5) is 17.0. The van der Waals surface area contributed by atoms with E-state index in [0.717, 1.165) is 0 Å². The van der Waals surface area contributed by atoms with Crippen molar-refractivity contribution in [3.05, 3.63) is 65.6 Å². The largest absolute Gasteiger partial charge is 0.379 e. The maximum atomic E-state index is 13.0. The number of rotatable bonds is 5. The van der Waals surface area contributed by atoms with Crippen LogP contribution in [0.4, 0.5) is 5.69 Å². The summed E-state index contributed by atoms with van der Waals surface area (Å²) in [6.07, 6.45) is 4.89. The highest BCUT2D eigenvalue weighted by molar-refractivity contribution is 7.89. The van der Waals surface area contributed by atoms with Gasteiger partial charge in [-0.15, -0.1) is 0 Å². The number of benzene rings is 1. The maximum Gasteiger partial charge on any atom is 0.255 e. The second kappa shape index (κ2) is 8.52. The van der Waals surface area contributed by atoms with Crippen LogP contribution in [0.2, 0.25) is 5.02 Å². The molecule has 0 saturated carbocycles. The van der Waals surface area contributed by atoms with E-state index in [4.69, 9.17) is 16.3 Å². The molecule has 0 radical (unpaired) electrons. The van der Waals surface area contributed by atoms with E-state index in [-0.39, 0.29) is 28.6 Å². The van der Waals surface area contributed by atoms with Crippen LogP contribution in [-0.2, 0) is 14.8 Å². The lowest BCUT2D eigenvalue weighted by atomic mass is 10.2. The van der Waals surface area contributed by atoms with Crippen molar-refractivity contribution in [2.75, 3.05) is 31.6 Å². The Hall–Kier alpha value is -2.79. The summed E-state index contributed by atoms with van der Waals surface area (Å²) in [5.41, 5.74) is 0.584. The molecule has 1 aliphatic heterocycles. The molecule has 4 rings (SSSR count). The lowest BCUT2D eigenvalue weighted by Crippen LogP contribution is -2.40. The molecule has 1 saturated heterocycles. The first kappa shape index (κ1) is 20.5. The first-order valence-corrected chi connectivity index (χ1v) is 10.9. The van der Waals surface area contributed by atoms with Crippen molar-refractivity contribution >= 4 is 33.2 Å². The van der Waals surface area contributed by atoms with Gasteiger partial charge in [0.05, 0.1) is 23.9 Å². The normalized spacial score (nSPS) is 15.1. The standard InChI is InChI=1S/C19H18ClN5O4S/c20-15-5-4-14(13-17(15)30(27,28)24-9-11-29-12-10-24)19(26)23-16-3-1-6-21-18(16)25-8-2-7-22-25/h1-8,13H,9-12H2,(H,23,26). The van der Waals surface area contributed by atoms with Crippen LogP contribution < -0.4 is 5.32 Å². The van der Waals surface area contributed by atoms with Gasteiger partial charge in [0.25, 0.3) is 5.91 Å². The van der Waals surface area contributed by atoms with Crippen LogP contribution in [0.1, 0.15) is 10.4 Å². The number of amides is 1. The molecule has 0 atom stereocenters. The Balaban J connectivity index is 1.63. The number of halogens is 1. The predicted molar refractivity (Wildman–Crippen MR) is 110 cm³/mol. The van der Waals surface area contributed by atoms with Crippen molar-refractivity contribution in [1.82, 2.24) is 19.1 Å². The average molecular weight is 448 g/mol. The number of hydrogen-bond donors (Lipinski definition) is 1.